The predicted octanol–water partition coefficient (Wildman–Crippen LogP) is 3.76. The molecule has 0 aromatic heterocycles. The summed E-state index contributed by atoms with van der Waals surface area (Å²) in [4.78, 5) is 16.0. The summed E-state index contributed by atoms with van der Waals surface area (Å²) >= 11 is 0. The summed E-state index contributed by atoms with van der Waals surface area (Å²) in [5, 5.41) is 0. The number of nitrogens with zero attached hydrogens (tertiary/aromatic N) is 2. The van der Waals surface area contributed by atoms with Crippen LogP contribution in [0.15, 0.2) is 48.7 Å². The molecule has 0 saturated carbocycles. The molecule has 7 heteroatoms. The van der Waals surface area contributed by atoms with E-state index in [0.29, 0.717) is 38.3 Å². The van der Waals surface area contributed by atoms with Crippen molar-refractivity contribution in [2.75, 3.05) is 26.2 Å². The zero-order valence-electron chi connectivity index (χ0n) is 14.5. The molecule has 0 N–H and O–H groups in total. The number of benzene rings is 2. The monoisotopic (exact) mass is 378 g/mol. The van der Waals surface area contributed by atoms with Gasteiger partial charge in [-0.2, -0.15) is 0 Å². The van der Waals surface area contributed by atoms with Crippen LogP contribution in [-0.2, 0) is 6.54 Å². The van der Waals surface area contributed by atoms with Crippen LogP contribution in [0.1, 0.15) is 15.9 Å². The van der Waals surface area contributed by atoms with Crippen LogP contribution in [0.3, 0.4) is 0 Å². The zero-order valence-corrected chi connectivity index (χ0v) is 14.5. The van der Waals surface area contributed by atoms with Crippen molar-refractivity contribution in [2.45, 2.75) is 6.54 Å². The summed E-state index contributed by atoms with van der Waals surface area (Å²) in [6.07, 6.45) is 2.69. The zero-order chi connectivity index (χ0) is 19.4. The molecule has 0 atom stereocenters. The number of piperazine rings is 1. The second kappa shape index (κ2) is 8.35. The molecular weight excluding hydrogens is 360 g/mol. The predicted molar refractivity (Wildman–Crippen MR) is 93.0 cm³/mol. The lowest BCUT2D eigenvalue weighted by atomic mass is 10.1. The number of rotatable bonds is 5. The number of halogens is 4. The average Bonchev–Trinajstić information content (AvgIpc) is 2.64. The Hall–Kier alpha value is -2.67. The topological polar surface area (TPSA) is 23.6 Å². The van der Waals surface area contributed by atoms with Crippen molar-refractivity contribution in [3.8, 4) is 0 Å². The van der Waals surface area contributed by atoms with Crippen LogP contribution in [0.4, 0.5) is 17.6 Å². The minimum atomic E-state index is -0.888. The van der Waals surface area contributed by atoms with E-state index in [4.69, 9.17) is 0 Å². The Labute approximate surface area is 154 Å². The number of ketones is 1. The maximum atomic E-state index is 13.6. The van der Waals surface area contributed by atoms with Gasteiger partial charge in [0.2, 0.25) is 0 Å². The van der Waals surface area contributed by atoms with Gasteiger partial charge in [-0.05, 0) is 29.8 Å². The highest BCUT2D eigenvalue weighted by Gasteiger charge is 2.17. The van der Waals surface area contributed by atoms with Crippen molar-refractivity contribution in [3.63, 3.8) is 0 Å². The fourth-order valence-corrected chi connectivity index (χ4v) is 2.96. The molecule has 142 valence electrons. The van der Waals surface area contributed by atoms with Crippen LogP contribution < -0.4 is 0 Å². The lowest BCUT2D eigenvalue weighted by Gasteiger charge is -2.34. The van der Waals surface area contributed by atoms with Gasteiger partial charge in [0.15, 0.2) is 17.4 Å². The molecule has 2 aromatic rings. The Morgan fingerprint density at radius 3 is 2.19 bits per heavy atom. The Morgan fingerprint density at radius 2 is 1.56 bits per heavy atom. The Kier molecular flexibility index (Phi) is 5.91. The third-order valence-electron chi connectivity index (χ3n) is 4.44. The standard InChI is InChI=1S/C20H18F4N2O/c21-15-5-4-14(12-18(15)24)13-26-10-8-25(9-11-26)7-6-19(27)20-16(22)2-1-3-17(20)23/h1-7,12H,8-11,13H2. The smallest absolute Gasteiger partial charge is 0.193 e. The first-order valence-corrected chi connectivity index (χ1v) is 8.51. The summed E-state index contributed by atoms with van der Waals surface area (Å²) < 4.78 is 53.5. The first-order chi connectivity index (χ1) is 12.9. The lowest BCUT2D eigenvalue weighted by molar-refractivity contribution is 0.103. The normalized spacial score (nSPS) is 15.5. The van der Waals surface area contributed by atoms with Crippen LogP contribution in [0, 0.1) is 23.3 Å². The van der Waals surface area contributed by atoms with Gasteiger partial charge in [0.05, 0.1) is 5.56 Å². The van der Waals surface area contributed by atoms with Gasteiger partial charge in [0.1, 0.15) is 11.6 Å². The molecule has 1 fully saturated rings. The van der Waals surface area contributed by atoms with Crippen LogP contribution >= 0.6 is 0 Å². The van der Waals surface area contributed by atoms with Gasteiger partial charge in [-0.25, -0.2) is 17.6 Å². The van der Waals surface area contributed by atoms with Gasteiger partial charge < -0.3 is 4.90 Å². The fourth-order valence-electron chi connectivity index (χ4n) is 2.96. The van der Waals surface area contributed by atoms with Crippen LogP contribution in [0.2, 0.25) is 0 Å². The fraction of sp³-hybridized carbons (Fsp3) is 0.250. The van der Waals surface area contributed by atoms with Crippen molar-refractivity contribution in [1.29, 1.82) is 0 Å². The number of allylic oxidation sites excluding steroid dienone is 1. The summed E-state index contributed by atoms with van der Waals surface area (Å²) in [6.45, 7) is 3.02. The van der Waals surface area contributed by atoms with Crippen molar-refractivity contribution in [1.82, 2.24) is 9.80 Å². The first-order valence-electron chi connectivity index (χ1n) is 8.51. The number of carbonyl (C=O) groups is 1. The van der Waals surface area contributed by atoms with E-state index < -0.39 is 34.6 Å². The average molecular weight is 378 g/mol. The molecule has 1 heterocycles. The molecule has 2 aromatic carbocycles. The van der Waals surface area contributed by atoms with E-state index in [1.165, 1.54) is 18.3 Å². The van der Waals surface area contributed by atoms with Crippen LogP contribution in [0.25, 0.3) is 0 Å². The van der Waals surface area contributed by atoms with Crippen molar-refractivity contribution >= 4 is 5.78 Å². The summed E-state index contributed by atoms with van der Waals surface area (Å²) in [5.74, 6) is -4.24. The third-order valence-corrected chi connectivity index (χ3v) is 4.44. The molecule has 0 spiro atoms. The minimum absolute atomic E-state index is 0.494. The maximum absolute atomic E-state index is 13.6. The second-order valence-corrected chi connectivity index (χ2v) is 6.34. The molecule has 0 amide bonds. The van der Waals surface area contributed by atoms with Gasteiger partial charge in [-0.15, -0.1) is 0 Å². The Morgan fingerprint density at radius 1 is 0.889 bits per heavy atom. The molecule has 0 bridgehead atoms. The van der Waals surface area contributed by atoms with Gasteiger partial charge in [-0.3, -0.25) is 9.69 Å². The van der Waals surface area contributed by atoms with Gasteiger partial charge in [0, 0.05) is 45.0 Å². The quantitative estimate of drug-likeness (QED) is 0.450. The van der Waals surface area contributed by atoms with Gasteiger partial charge >= 0.3 is 0 Å². The van der Waals surface area contributed by atoms with E-state index in [0.717, 1.165) is 24.3 Å². The van der Waals surface area contributed by atoms with E-state index in [1.54, 1.807) is 6.07 Å². The van der Waals surface area contributed by atoms with Gasteiger partial charge in [0.25, 0.3) is 0 Å². The van der Waals surface area contributed by atoms with Gasteiger partial charge in [-0.1, -0.05) is 12.1 Å². The Balaban J connectivity index is 1.54. The van der Waals surface area contributed by atoms with Crippen molar-refractivity contribution in [3.05, 3.63) is 83.1 Å². The van der Waals surface area contributed by atoms with Crippen LogP contribution in [0.5, 0.6) is 0 Å². The molecular formula is C20H18F4N2O. The highest BCUT2D eigenvalue weighted by Crippen LogP contribution is 2.15. The van der Waals surface area contributed by atoms with E-state index >= 15 is 0 Å². The lowest BCUT2D eigenvalue weighted by Crippen LogP contribution is -2.43. The SMILES string of the molecule is O=C(C=CN1CCN(Cc2ccc(F)c(F)c2)CC1)c1c(F)cccc1F. The number of hydrogen-bond donors (Lipinski definition) is 0. The Bertz CT molecular complexity index is 841. The van der Waals surface area contributed by atoms with E-state index in [9.17, 15) is 22.4 Å². The minimum Gasteiger partial charge on any atom is -0.375 e. The highest BCUT2D eigenvalue weighted by atomic mass is 19.2. The molecule has 1 aliphatic heterocycles. The molecule has 0 unspecified atom stereocenters. The number of carbonyl (C=O) groups excluding carboxylic acids is 1. The second-order valence-electron chi connectivity index (χ2n) is 6.34. The first kappa shape index (κ1) is 19.1. The van der Waals surface area contributed by atoms with Crippen LogP contribution in [-0.4, -0.2) is 41.8 Å². The highest BCUT2D eigenvalue weighted by molar-refractivity contribution is 6.04. The number of hydrogen-bond acceptors (Lipinski definition) is 3. The summed E-state index contributed by atoms with van der Waals surface area (Å²) in [6, 6.07) is 7.13. The van der Waals surface area contributed by atoms with Crippen molar-refractivity contribution < 1.29 is 22.4 Å². The molecule has 1 aliphatic rings. The molecule has 0 aliphatic carbocycles. The maximum Gasteiger partial charge on any atom is 0.193 e. The van der Waals surface area contributed by atoms with Crippen molar-refractivity contribution in [2.24, 2.45) is 0 Å². The molecule has 3 nitrogen and oxygen atoms in total. The molecule has 0 radical (unpaired) electrons. The van der Waals surface area contributed by atoms with E-state index in [-0.39, 0.29) is 0 Å². The largest absolute Gasteiger partial charge is 0.375 e. The summed E-state index contributed by atoms with van der Waals surface area (Å²) in [5.41, 5.74) is 0.119. The van der Waals surface area contributed by atoms with E-state index in [2.05, 4.69) is 4.90 Å². The van der Waals surface area contributed by atoms with E-state index in [1.807, 2.05) is 4.90 Å². The molecule has 1 saturated heterocycles. The third kappa shape index (κ3) is 4.74. The molecule has 3 rings (SSSR count). The molecule has 27 heavy (non-hydrogen) atoms. The summed E-state index contributed by atoms with van der Waals surface area (Å²) in [7, 11) is 0.